The largest absolute Gasteiger partial charge is 0.497 e. The zero-order valence-electron chi connectivity index (χ0n) is 17.9. The number of rotatable bonds is 9. The highest BCUT2D eigenvalue weighted by Gasteiger charge is 2.11. The number of methoxy groups -OCH3 is 2. The van der Waals surface area contributed by atoms with Crippen LogP contribution < -0.4 is 14.8 Å². The van der Waals surface area contributed by atoms with E-state index in [2.05, 4.69) is 39.5 Å². The quantitative estimate of drug-likeness (QED) is 0.312. The predicted octanol–water partition coefficient (Wildman–Crippen LogP) is 4.07. The van der Waals surface area contributed by atoms with Gasteiger partial charge in [0.2, 0.25) is 0 Å². The molecule has 0 fully saturated rings. The van der Waals surface area contributed by atoms with Crippen molar-refractivity contribution in [2.24, 2.45) is 4.99 Å². The van der Waals surface area contributed by atoms with Crippen LogP contribution in [0.5, 0.6) is 11.5 Å². The molecule has 160 valence electrons. The van der Waals surface area contributed by atoms with Crippen molar-refractivity contribution in [3.05, 3.63) is 59.2 Å². The van der Waals surface area contributed by atoms with Gasteiger partial charge in [0.15, 0.2) is 5.96 Å². The molecule has 0 saturated heterocycles. The third-order valence-electron chi connectivity index (χ3n) is 4.42. The average Bonchev–Trinajstić information content (AvgIpc) is 2.73. The summed E-state index contributed by atoms with van der Waals surface area (Å²) in [5.74, 6) is 2.39. The summed E-state index contributed by atoms with van der Waals surface area (Å²) in [4.78, 5) is 6.46. The number of benzene rings is 2. The fraction of sp³-hybridized carbons (Fsp3) is 0.409. The van der Waals surface area contributed by atoms with Gasteiger partial charge in [0, 0.05) is 45.4 Å². The molecule has 6 nitrogen and oxygen atoms in total. The second-order valence-electron chi connectivity index (χ2n) is 6.39. The summed E-state index contributed by atoms with van der Waals surface area (Å²) in [6.45, 7) is 4.75. The number of guanidine groups is 1. The first-order valence-electron chi connectivity index (χ1n) is 9.39. The third kappa shape index (κ3) is 7.74. The van der Waals surface area contributed by atoms with Gasteiger partial charge in [0.05, 0.1) is 20.8 Å². The molecule has 29 heavy (non-hydrogen) atoms. The molecule has 0 aliphatic rings. The number of halogens is 1. The maximum atomic E-state index is 5.49. The van der Waals surface area contributed by atoms with Gasteiger partial charge in [0.25, 0.3) is 0 Å². The molecule has 0 unspecified atom stereocenters. The first-order chi connectivity index (χ1) is 13.6. The van der Waals surface area contributed by atoms with Crippen LogP contribution in [0.4, 0.5) is 0 Å². The van der Waals surface area contributed by atoms with E-state index in [4.69, 9.17) is 14.2 Å². The van der Waals surface area contributed by atoms with Crippen LogP contribution in [-0.4, -0.2) is 45.8 Å². The summed E-state index contributed by atoms with van der Waals surface area (Å²) in [5, 5.41) is 3.41. The van der Waals surface area contributed by atoms with Gasteiger partial charge in [-0.3, -0.25) is 4.99 Å². The van der Waals surface area contributed by atoms with Crippen molar-refractivity contribution >= 4 is 29.9 Å². The van der Waals surface area contributed by atoms with Crippen LogP contribution >= 0.6 is 24.0 Å². The molecule has 0 bridgehead atoms. The molecule has 0 atom stereocenters. The summed E-state index contributed by atoms with van der Waals surface area (Å²) >= 11 is 0. The second kappa shape index (κ2) is 13.3. The number of aliphatic imine (C=N–C) groups is 1. The van der Waals surface area contributed by atoms with Gasteiger partial charge in [-0.15, -0.1) is 24.0 Å². The minimum Gasteiger partial charge on any atom is -0.497 e. The Labute approximate surface area is 191 Å². The second-order valence-corrected chi connectivity index (χ2v) is 6.39. The lowest BCUT2D eigenvalue weighted by Gasteiger charge is -2.23. The number of hydrogen-bond acceptors (Lipinski definition) is 4. The lowest BCUT2D eigenvalue weighted by molar-refractivity contribution is 0.134. The van der Waals surface area contributed by atoms with Crippen LogP contribution in [0.2, 0.25) is 0 Å². The lowest BCUT2D eigenvalue weighted by Crippen LogP contribution is -2.38. The van der Waals surface area contributed by atoms with Gasteiger partial charge in [-0.1, -0.05) is 24.3 Å². The molecule has 7 heteroatoms. The zero-order valence-corrected chi connectivity index (χ0v) is 20.2. The predicted molar refractivity (Wildman–Crippen MR) is 128 cm³/mol. The van der Waals surface area contributed by atoms with Crippen LogP contribution in [0, 0.1) is 0 Å². The Kier molecular flexibility index (Phi) is 11.5. The van der Waals surface area contributed by atoms with Gasteiger partial charge in [-0.25, -0.2) is 0 Å². The van der Waals surface area contributed by atoms with E-state index in [-0.39, 0.29) is 24.0 Å². The molecule has 2 rings (SSSR count). The first-order valence-corrected chi connectivity index (χ1v) is 9.39. The molecule has 2 aromatic carbocycles. The van der Waals surface area contributed by atoms with Gasteiger partial charge >= 0.3 is 0 Å². The van der Waals surface area contributed by atoms with E-state index in [1.807, 2.05) is 32.2 Å². The van der Waals surface area contributed by atoms with E-state index in [0.29, 0.717) is 19.7 Å². The lowest BCUT2D eigenvalue weighted by atomic mass is 10.1. The highest BCUT2D eigenvalue weighted by Crippen LogP contribution is 2.25. The highest BCUT2D eigenvalue weighted by molar-refractivity contribution is 14.0. The zero-order chi connectivity index (χ0) is 20.4. The number of nitrogens with zero attached hydrogens (tertiary/aromatic N) is 2. The fourth-order valence-electron chi connectivity index (χ4n) is 2.85. The molecule has 0 heterocycles. The van der Waals surface area contributed by atoms with Crippen molar-refractivity contribution in [3.63, 3.8) is 0 Å². The summed E-state index contributed by atoms with van der Waals surface area (Å²) in [7, 11) is 7.11. The topological polar surface area (TPSA) is 55.3 Å². The fourth-order valence-corrected chi connectivity index (χ4v) is 2.85. The molecule has 0 amide bonds. The molecule has 0 aliphatic heterocycles. The van der Waals surface area contributed by atoms with Gasteiger partial charge < -0.3 is 24.4 Å². The summed E-state index contributed by atoms with van der Waals surface area (Å²) in [6.07, 6.45) is 0. The molecule has 0 spiro atoms. The van der Waals surface area contributed by atoms with Crippen LogP contribution in [-0.2, 0) is 24.4 Å². The third-order valence-corrected chi connectivity index (χ3v) is 4.42. The smallest absolute Gasteiger partial charge is 0.193 e. The maximum Gasteiger partial charge on any atom is 0.193 e. The Balaban J connectivity index is 0.00000420. The first kappa shape index (κ1) is 25.0. The minimum absolute atomic E-state index is 0. The maximum absolute atomic E-state index is 5.49. The molecule has 0 aliphatic carbocycles. The summed E-state index contributed by atoms with van der Waals surface area (Å²) in [6, 6.07) is 14.3. The Morgan fingerprint density at radius 2 is 1.72 bits per heavy atom. The highest BCUT2D eigenvalue weighted by atomic mass is 127. The Morgan fingerprint density at radius 1 is 1.03 bits per heavy atom. The number of nitrogens with one attached hydrogen (secondary N) is 1. The van der Waals surface area contributed by atoms with Crippen LogP contribution in [0.1, 0.15) is 23.6 Å². The van der Waals surface area contributed by atoms with Crippen LogP contribution in [0.25, 0.3) is 0 Å². The van der Waals surface area contributed by atoms with Gasteiger partial charge in [-0.2, -0.15) is 0 Å². The van der Waals surface area contributed by atoms with Crippen molar-refractivity contribution < 1.29 is 14.2 Å². The molecule has 2 aromatic rings. The normalized spacial score (nSPS) is 10.9. The Hall–Kier alpha value is -2.00. The minimum atomic E-state index is 0. The van der Waals surface area contributed by atoms with E-state index in [9.17, 15) is 0 Å². The monoisotopic (exact) mass is 513 g/mol. The van der Waals surface area contributed by atoms with Gasteiger partial charge in [-0.05, 0) is 30.2 Å². The molecule has 1 N–H and O–H groups in total. The van der Waals surface area contributed by atoms with E-state index in [0.717, 1.165) is 29.6 Å². The Bertz CT molecular complexity index is 766. The SMILES string of the molecule is CCOCc1ccc(CNC(=NC)N(C)Cc2ccc(OC)cc2OC)cc1.I. The van der Waals surface area contributed by atoms with E-state index in [1.165, 1.54) is 11.1 Å². The van der Waals surface area contributed by atoms with Crippen molar-refractivity contribution in [1.29, 1.82) is 0 Å². The van der Waals surface area contributed by atoms with E-state index >= 15 is 0 Å². The van der Waals surface area contributed by atoms with Crippen molar-refractivity contribution in [2.75, 3.05) is 34.9 Å². The molecule has 0 radical (unpaired) electrons. The molecular weight excluding hydrogens is 481 g/mol. The number of hydrogen-bond donors (Lipinski definition) is 1. The van der Waals surface area contributed by atoms with Crippen molar-refractivity contribution in [3.8, 4) is 11.5 Å². The molecule has 0 aromatic heterocycles. The summed E-state index contributed by atoms with van der Waals surface area (Å²) < 4.78 is 16.2. The average molecular weight is 513 g/mol. The standard InChI is InChI=1S/C22H31N3O3.HI/c1-6-28-16-18-9-7-17(8-10-18)14-24-22(23-2)25(3)15-19-11-12-20(26-4)13-21(19)27-5;/h7-13H,6,14-16H2,1-5H3,(H,23,24);1H. The Morgan fingerprint density at radius 3 is 2.31 bits per heavy atom. The summed E-state index contributed by atoms with van der Waals surface area (Å²) in [5.41, 5.74) is 3.43. The molecular formula is C22H32IN3O3. The van der Waals surface area contributed by atoms with Crippen molar-refractivity contribution in [2.45, 2.75) is 26.6 Å². The number of ether oxygens (including phenoxy) is 3. The van der Waals surface area contributed by atoms with E-state index in [1.54, 1.807) is 21.3 Å². The van der Waals surface area contributed by atoms with E-state index < -0.39 is 0 Å². The molecule has 0 saturated carbocycles. The van der Waals surface area contributed by atoms with Gasteiger partial charge in [0.1, 0.15) is 11.5 Å². The van der Waals surface area contributed by atoms with Crippen LogP contribution in [0.15, 0.2) is 47.5 Å². The van der Waals surface area contributed by atoms with Crippen LogP contribution in [0.3, 0.4) is 0 Å². The van der Waals surface area contributed by atoms with Crippen molar-refractivity contribution in [1.82, 2.24) is 10.2 Å².